The van der Waals surface area contributed by atoms with Gasteiger partial charge in [-0.25, -0.2) is 0 Å². The molecule has 4 rings (SSSR count). The SMILES string of the molecule is Cc1cc2c(cc1C)C(=O)C(CNC1CCC(Oc3ccccc3)C1O)CC2. The summed E-state index contributed by atoms with van der Waals surface area (Å²) in [5.41, 5.74) is 4.49. The number of para-hydroxylation sites is 1. The Kier molecular flexibility index (Phi) is 5.51. The molecule has 0 amide bonds. The zero-order chi connectivity index (χ0) is 19.7. The van der Waals surface area contributed by atoms with Crippen LogP contribution in [0.2, 0.25) is 0 Å². The number of hydrogen-bond acceptors (Lipinski definition) is 4. The van der Waals surface area contributed by atoms with Crippen LogP contribution in [0.15, 0.2) is 42.5 Å². The number of carbonyl (C=O) groups is 1. The first kappa shape index (κ1) is 19.2. The van der Waals surface area contributed by atoms with Crippen molar-refractivity contribution in [1.82, 2.24) is 5.32 Å². The molecule has 0 heterocycles. The first-order valence-corrected chi connectivity index (χ1v) is 10.3. The van der Waals surface area contributed by atoms with Crippen LogP contribution in [0.25, 0.3) is 0 Å². The number of aryl methyl sites for hydroxylation is 3. The minimum atomic E-state index is -0.559. The van der Waals surface area contributed by atoms with Crippen molar-refractivity contribution in [3.8, 4) is 5.75 Å². The number of nitrogens with one attached hydrogen (secondary N) is 1. The lowest BCUT2D eigenvalue weighted by atomic mass is 9.81. The molecule has 0 saturated heterocycles. The van der Waals surface area contributed by atoms with Crippen LogP contribution in [-0.2, 0) is 6.42 Å². The number of ether oxygens (including phenoxy) is 1. The highest BCUT2D eigenvalue weighted by molar-refractivity contribution is 6.00. The van der Waals surface area contributed by atoms with E-state index in [-0.39, 0.29) is 23.8 Å². The van der Waals surface area contributed by atoms with Crippen LogP contribution >= 0.6 is 0 Å². The predicted molar refractivity (Wildman–Crippen MR) is 110 cm³/mol. The molecule has 28 heavy (non-hydrogen) atoms. The third-order valence-electron chi connectivity index (χ3n) is 6.33. The number of rotatable bonds is 5. The molecule has 1 saturated carbocycles. The van der Waals surface area contributed by atoms with Gasteiger partial charge in [0, 0.05) is 24.1 Å². The van der Waals surface area contributed by atoms with E-state index in [1.165, 1.54) is 16.7 Å². The van der Waals surface area contributed by atoms with Gasteiger partial charge in [-0.2, -0.15) is 0 Å². The van der Waals surface area contributed by atoms with E-state index in [1.54, 1.807) is 0 Å². The summed E-state index contributed by atoms with van der Waals surface area (Å²) in [4.78, 5) is 12.9. The number of aliphatic hydroxyl groups excluding tert-OH is 1. The van der Waals surface area contributed by atoms with E-state index in [2.05, 4.69) is 25.2 Å². The van der Waals surface area contributed by atoms with Crippen LogP contribution in [0.4, 0.5) is 0 Å². The largest absolute Gasteiger partial charge is 0.488 e. The molecule has 0 aliphatic heterocycles. The number of hydrogen-bond donors (Lipinski definition) is 2. The van der Waals surface area contributed by atoms with Crippen molar-refractivity contribution < 1.29 is 14.6 Å². The summed E-state index contributed by atoms with van der Waals surface area (Å²) >= 11 is 0. The standard InChI is InChI=1S/C24H29NO3/c1-15-12-17-8-9-18(23(26)20(17)13-16(15)2)14-25-21-10-11-22(24(21)27)28-19-6-4-3-5-7-19/h3-7,12-13,18,21-22,24-25,27H,8-11,14H2,1-2H3. The van der Waals surface area contributed by atoms with Gasteiger partial charge < -0.3 is 15.2 Å². The fourth-order valence-corrected chi connectivity index (χ4v) is 4.45. The van der Waals surface area contributed by atoms with Crippen LogP contribution < -0.4 is 10.1 Å². The smallest absolute Gasteiger partial charge is 0.167 e. The molecule has 2 aliphatic rings. The van der Waals surface area contributed by atoms with Gasteiger partial charge >= 0.3 is 0 Å². The second-order valence-electron chi connectivity index (χ2n) is 8.25. The summed E-state index contributed by atoms with van der Waals surface area (Å²) in [6.45, 7) is 4.78. The number of ketones is 1. The van der Waals surface area contributed by atoms with Gasteiger partial charge in [0.05, 0.1) is 0 Å². The number of carbonyl (C=O) groups excluding carboxylic acids is 1. The third-order valence-corrected chi connectivity index (χ3v) is 6.33. The molecule has 4 unspecified atom stereocenters. The van der Waals surface area contributed by atoms with Gasteiger partial charge in [-0.1, -0.05) is 24.3 Å². The molecular formula is C24H29NO3. The fraction of sp³-hybridized carbons (Fsp3) is 0.458. The van der Waals surface area contributed by atoms with E-state index in [4.69, 9.17) is 4.74 Å². The second kappa shape index (κ2) is 8.06. The molecule has 4 nitrogen and oxygen atoms in total. The maximum Gasteiger partial charge on any atom is 0.167 e. The highest BCUT2D eigenvalue weighted by atomic mass is 16.5. The minimum absolute atomic E-state index is 0.0177. The Morgan fingerprint density at radius 2 is 1.82 bits per heavy atom. The van der Waals surface area contributed by atoms with E-state index in [9.17, 15) is 9.90 Å². The third kappa shape index (κ3) is 3.85. The molecule has 2 aliphatic carbocycles. The Hall–Kier alpha value is -2.17. The summed E-state index contributed by atoms with van der Waals surface area (Å²) in [6.07, 6.45) is 2.72. The van der Waals surface area contributed by atoms with Gasteiger partial charge in [0.15, 0.2) is 5.78 Å². The molecule has 0 aromatic heterocycles. The van der Waals surface area contributed by atoms with Crippen LogP contribution in [0.1, 0.15) is 46.3 Å². The van der Waals surface area contributed by atoms with Crippen molar-refractivity contribution in [2.24, 2.45) is 5.92 Å². The summed E-state index contributed by atoms with van der Waals surface area (Å²) in [5, 5.41) is 14.1. The van der Waals surface area contributed by atoms with Crippen LogP contribution in [-0.4, -0.2) is 35.7 Å². The van der Waals surface area contributed by atoms with Crippen molar-refractivity contribution in [1.29, 1.82) is 0 Å². The van der Waals surface area contributed by atoms with Gasteiger partial charge in [0.25, 0.3) is 0 Å². The zero-order valence-corrected chi connectivity index (χ0v) is 16.7. The molecule has 1 fully saturated rings. The van der Waals surface area contributed by atoms with Gasteiger partial charge in [0.1, 0.15) is 18.0 Å². The van der Waals surface area contributed by atoms with Crippen molar-refractivity contribution in [3.05, 3.63) is 64.7 Å². The molecule has 0 radical (unpaired) electrons. The molecular weight excluding hydrogens is 350 g/mol. The van der Waals surface area contributed by atoms with Crippen molar-refractivity contribution in [2.45, 2.75) is 57.8 Å². The fourth-order valence-electron chi connectivity index (χ4n) is 4.45. The predicted octanol–water partition coefficient (Wildman–Crippen LogP) is 3.61. The van der Waals surface area contributed by atoms with Crippen LogP contribution in [0.3, 0.4) is 0 Å². The Balaban J connectivity index is 1.35. The Labute approximate surface area is 166 Å². The number of aliphatic hydroxyl groups is 1. The highest BCUT2D eigenvalue weighted by Crippen LogP contribution is 2.29. The van der Waals surface area contributed by atoms with E-state index in [0.717, 1.165) is 37.0 Å². The first-order valence-electron chi connectivity index (χ1n) is 10.3. The van der Waals surface area contributed by atoms with Crippen molar-refractivity contribution >= 4 is 5.78 Å². The van der Waals surface area contributed by atoms with E-state index >= 15 is 0 Å². The molecule has 4 atom stereocenters. The quantitative estimate of drug-likeness (QED) is 0.833. The summed E-state index contributed by atoms with van der Waals surface area (Å²) < 4.78 is 5.94. The highest BCUT2D eigenvalue weighted by Gasteiger charge is 2.37. The lowest BCUT2D eigenvalue weighted by molar-refractivity contribution is 0.0441. The monoisotopic (exact) mass is 379 g/mol. The van der Waals surface area contributed by atoms with Crippen molar-refractivity contribution in [3.63, 3.8) is 0 Å². The summed E-state index contributed by atoms with van der Waals surface area (Å²) in [5.74, 6) is 1.01. The van der Waals surface area contributed by atoms with Gasteiger partial charge in [0.2, 0.25) is 0 Å². The normalized spacial score (nSPS) is 26.9. The molecule has 2 N–H and O–H groups in total. The lowest BCUT2D eigenvalue weighted by Gasteiger charge is -2.27. The minimum Gasteiger partial charge on any atom is -0.488 e. The average Bonchev–Trinajstić information content (AvgIpc) is 3.03. The Bertz CT molecular complexity index is 848. The number of benzene rings is 2. The summed E-state index contributed by atoms with van der Waals surface area (Å²) in [6, 6.07) is 13.8. The number of fused-ring (bicyclic) bond motifs is 1. The van der Waals surface area contributed by atoms with E-state index < -0.39 is 6.10 Å². The molecule has 0 bridgehead atoms. The molecule has 4 heteroatoms. The topological polar surface area (TPSA) is 58.6 Å². The number of Topliss-reactive ketones (excluding diaryl/α,β-unsaturated/α-hetero) is 1. The Morgan fingerprint density at radius 3 is 2.61 bits per heavy atom. The van der Waals surface area contributed by atoms with E-state index in [1.807, 2.05) is 36.4 Å². The van der Waals surface area contributed by atoms with Gasteiger partial charge in [-0.15, -0.1) is 0 Å². The van der Waals surface area contributed by atoms with Crippen LogP contribution in [0.5, 0.6) is 5.75 Å². The average molecular weight is 380 g/mol. The molecule has 2 aromatic rings. The zero-order valence-electron chi connectivity index (χ0n) is 16.7. The van der Waals surface area contributed by atoms with Crippen LogP contribution in [0, 0.1) is 19.8 Å². The van der Waals surface area contributed by atoms with Gasteiger partial charge in [-0.3, -0.25) is 4.79 Å². The summed E-state index contributed by atoms with van der Waals surface area (Å²) in [7, 11) is 0. The Morgan fingerprint density at radius 1 is 1.07 bits per heavy atom. The lowest BCUT2D eigenvalue weighted by Crippen LogP contribution is -2.44. The maximum absolute atomic E-state index is 12.9. The first-order chi connectivity index (χ1) is 13.5. The molecule has 2 aromatic carbocycles. The van der Waals surface area contributed by atoms with E-state index in [0.29, 0.717) is 6.54 Å². The maximum atomic E-state index is 12.9. The molecule has 0 spiro atoms. The van der Waals surface area contributed by atoms with Crippen molar-refractivity contribution in [2.75, 3.05) is 6.54 Å². The van der Waals surface area contributed by atoms with Gasteiger partial charge in [-0.05, 0) is 74.4 Å². The molecule has 148 valence electrons. The second-order valence-corrected chi connectivity index (χ2v) is 8.25.